The van der Waals surface area contributed by atoms with Crippen LogP contribution in [0.4, 0.5) is 11.4 Å². The molecule has 0 heterocycles. The van der Waals surface area contributed by atoms with Gasteiger partial charge in [0, 0.05) is 5.54 Å². The summed E-state index contributed by atoms with van der Waals surface area (Å²) in [6, 6.07) is 8.01. The van der Waals surface area contributed by atoms with Crippen LogP contribution in [0.1, 0.15) is 38.5 Å². The van der Waals surface area contributed by atoms with E-state index < -0.39 is 0 Å². The molecule has 4 bridgehead atoms. The van der Waals surface area contributed by atoms with E-state index in [4.69, 9.17) is 5.73 Å². The minimum atomic E-state index is -0.139. The Morgan fingerprint density at radius 2 is 1.50 bits per heavy atom. The molecule has 0 atom stereocenters. The van der Waals surface area contributed by atoms with Crippen molar-refractivity contribution in [3.8, 4) is 0 Å². The molecule has 1 aromatic carbocycles. The number of halogens is 2. The molecular weight excluding hydrogens is 345 g/mol. The Morgan fingerprint density at radius 3 is 2.00 bits per heavy atom. The highest BCUT2D eigenvalue weighted by Crippen LogP contribution is 2.56. The molecule has 24 heavy (non-hydrogen) atoms. The van der Waals surface area contributed by atoms with Crippen LogP contribution in [0, 0.1) is 17.8 Å². The minimum absolute atomic E-state index is 0. The van der Waals surface area contributed by atoms with Crippen LogP contribution in [0.3, 0.4) is 0 Å². The van der Waals surface area contributed by atoms with Crippen LogP contribution in [0.25, 0.3) is 0 Å². The first-order valence-electron chi connectivity index (χ1n) is 8.53. The van der Waals surface area contributed by atoms with Crippen molar-refractivity contribution in [1.82, 2.24) is 0 Å². The second kappa shape index (κ2) is 7.51. The van der Waals surface area contributed by atoms with Crippen LogP contribution in [0.15, 0.2) is 24.3 Å². The summed E-state index contributed by atoms with van der Waals surface area (Å²) >= 11 is 0. The summed E-state index contributed by atoms with van der Waals surface area (Å²) in [6.07, 6.45) is 8.18. The summed E-state index contributed by atoms with van der Waals surface area (Å²) in [6.45, 7) is 0.0195. The van der Waals surface area contributed by atoms with Gasteiger partial charge in [-0.2, -0.15) is 0 Å². The number of para-hydroxylation sites is 2. The van der Waals surface area contributed by atoms with Crippen molar-refractivity contribution < 1.29 is 4.79 Å². The van der Waals surface area contributed by atoms with E-state index in [1.54, 1.807) is 0 Å². The standard InChI is InChI=1S/C18H25N3O.2ClH/c19-11-17(22)20-15-3-1-2-4-16(15)21-18-8-12-5-13(9-18)7-14(6-12)10-18;;/h1-4,12-14,21H,5-11,19H2,(H,20,22);2*1H. The summed E-state index contributed by atoms with van der Waals surface area (Å²) < 4.78 is 0. The summed E-state index contributed by atoms with van der Waals surface area (Å²) in [5, 5.41) is 6.75. The Labute approximate surface area is 156 Å². The zero-order valence-electron chi connectivity index (χ0n) is 13.8. The second-order valence-electron chi connectivity index (χ2n) is 7.62. The number of hydrogen-bond donors (Lipinski definition) is 3. The lowest BCUT2D eigenvalue weighted by atomic mass is 9.53. The first kappa shape index (κ1) is 19.4. The average molecular weight is 372 g/mol. The third-order valence-electron chi connectivity index (χ3n) is 5.82. The fourth-order valence-corrected chi connectivity index (χ4v) is 5.45. The van der Waals surface area contributed by atoms with Crippen molar-refractivity contribution in [3.05, 3.63) is 24.3 Å². The molecule has 0 unspecified atom stereocenters. The molecular formula is C18H27Cl2N3O. The normalized spacial score (nSPS) is 32.5. The molecule has 0 aromatic heterocycles. The number of rotatable bonds is 4. The SMILES string of the molecule is Cl.Cl.NCC(=O)Nc1ccccc1NC12CC3CC(CC(C3)C1)C2. The summed E-state index contributed by atoms with van der Waals surface area (Å²) in [5.74, 6) is 2.58. The number of carbonyl (C=O) groups is 1. The third kappa shape index (κ3) is 3.66. The van der Waals surface area contributed by atoms with Gasteiger partial charge in [0.15, 0.2) is 0 Å². The van der Waals surface area contributed by atoms with Crippen molar-refractivity contribution in [2.24, 2.45) is 23.5 Å². The molecule has 5 rings (SSSR count). The van der Waals surface area contributed by atoms with E-state index >= 15 is 0 Å². The molecule has 0 radical (unpaired) electrons. The predicted molar refractivity (Wildman–Crippen MR) is 103 cm³/mol. The maximum atomic E-state index is 11.6. The Morgan fingerprint density at radius 1 is 1.00 bits per heavy atom. The van der Waals surface area contributed by atoms with Gasteiger partial charge in [-0.1, -0.05) is 12.1 Å². The van der Waals surface area contributed by atoms with Gasteiger partial charge in [0.1, 0.15) is 0 Å². The zero-order valence-corrected chi connectivity index (χ0v) is 15.4. The lowest BCUT2D eigenvalue weighted by Crippen LogP contribution is -2.54. The van der Waals surface area contributed by atoms with E-state index in [0.29, 0.717) is 0 Å². The molecule has 1 aromatic rings. The Hall–Kier alpha value is -0.970. The number of carbonyl (C=O) groups excluding carboxylic acids is 1. The van der Waals surface area contributed by atoms with Gasteiger partial charge in [-0.05, 0) is 68.4 Å². The Bertz CT molecular complexity index is 558. The highest BCUT2D eigenvalue weighted by atomic mass is 35.5. The van der Waals surface area contributed by atoms with Gasteiger partial charge >= 0.3 is 0 Å². The van der Waals surface area contributed by atoms with E-state index in [2.05, 4.69) is 16.7 Å². The molecule has 0 spiro atoms. The molecule has 4 N–H and O–H groups in total. The van der Waals surface area contributed by atoms with Crippen LogP contribution in [0.5, 0.6) is 0 Å². The summed E-state index contributed by atoms with van der Waals surface area (Å²) in [4.78, 5) is 11.6. The van der Waals surface area contributed by atoms with E-state index in [1.807, 2.05) is 18.2 Å². The van der Waals surface area contributed by atoms with Gasteiger partial charge in [0.2, 0.25) is 5.91 Å². The fraction of sp³-hybridized carbons (Fsp3) is 0.611. The van der Waals surface area contributed by atoms with Crippen LogP contribution >= 0.6 is 24.8 Å². The van der Waals surface area contributed by atoms with E-state index in [0.717, 1.165) is 29.1 Å². The molecule has 1 amide bonds. The molecule has 4 aliphatic rings. The average Bonchev–Trinajstić information content (AvgIpc) is 2.47. The van der Waals surface area contributed by atoms with Crippen molar-refractivity contribution >= 4 is 42.1 Å². The zero-order chi connectivity index (χ0) is 15.2. The molecule has 0 saturated heterocycles. The number of benzene rings is 1. The van der Waals surface area contributed by atoms with Crippen LogP contribution in [-0.2, 0) is 4.79 Å². The van der Waals surface area contributed by atoms with Crippen LogP contribution in [-0.4, -0.2) is 18.0 Å². The molecule has 0 aliphatic heterocycles. The number of hydrogen-bond acceptors (Lipinski definition) is 3. The fourth-order valence-electron chi connectivity index (χ4n) is 5.45. The highest BCUT2D eigenvalue weighted by Gasteiger charge is 2.51. The quantitative estimate of drug-likeness (QED) is 0.753. The lowest BCUT2D eigenvalue weighted by Gasteiger charge is -2.57. The monoisotopic (exact) mass is 371 g/mol. The summed E-state index contributed by atoms with van der Waals surface area (Å²) in [5.41, 5.74) is 7.58. The highest BCUT2D eigenvalue weighted by molar-refractivity contribution is 5.95. The Balaban J connectivity index is 0.00000104. The van der Waals surface area contributed by atoms with E-state index in [1.165, 1.54) is 38.5 Å². The number of nitrogens with one attached hydrogen (secondary N) is 2. The summed E-state index contributed by atoms with van der Waals surface area (Å²) in [7, 11) is 0. The minimum Gasteiger partial charge on any atom is -0.378 e. The maximum Gasteiger partial charge on any atom is 0.238 e. The number of amides is 1. The lowest BCUT2D eigenvalue weighted by molar-refractivity contribution is -0.114. The smallest absolute Gasteiger partial charge is 0.238 e. The van der Waals surface area contributed by atoms with Gasteiger partial charge in [-0.15, -0.1) is 24.8 Å². The third-order valence-corrected chi connectivity index (χ3v) is 5.82. The largest absolute Gasteiger partial charge is 0.378 e. The first-order chi connectivity index (χ1) is 10.7. The molecule has 134 valence electrons. The van der Waals surface area contributed by atoms with Gasteiger partial charge in [0.25, 0.3) is 0 Å². The Kier molecular flexibility index (Phi) is 6.05. The maximum absolute atomic E-state index is 11.6. The van der Waals surface area contributed by atoms with Gasteiger partial charge < -0.3 is 16.4 Å². The van der Waals surface area contributed by atoms with Crippen LogP contribution < -0.4 is 16.4 Å². The van der Waals surface area contributed by atoms with Gasteiger partial charge in [-0.25, -0.2) is 0 Å². The molecule has 4 fully saturated rings. The topological polar surface area (TPSA) is 67.2 Å². The molecule has 6 heteroatoms. The van der Waals surface area contributed by atoms with Crippen LogP contribution in [0.2, 0.25) is 0 Å². The van der Waals surface area contributed by atoms with Crippen molar-refractivity contribution in [2.45, 2.75) is 44.1 Å². The molecule has 4 saturated carbocycles. The van der Waals surface area contributed by atoms with Gasteiger partial charge in [0.05, 0.1) is 17.9 Å². The molecule has 4 aliphatic carbocycles. The van der Waals surface area contributed by atoms with Crippen molar-refractivity contribution in [1.29, 1.82) is 0 Å². The number of nitrogens with two attached hydrogens (primary N) is 1. The van der Waals surface area contributed by atoms with Crippen molar-refractivity contribution in [2.75, 3.05) is 17.2 Å². The molecule has 4 nitrogen and oxygen atoms in total. The number of anilines is 2. The van der Waals surface area contributed by atoms with E-state index in [-0.39, 0.29) is 42.8 Å². The first-order valence-corrected chi connectivity index (χ1v) is 8.53. The second-order valence-corrected chi connectivity index (χ2v) is 7.62. The van der Waals surface area contributed by atoms with Gasteiger partial charge in [-0.3, -0.25) is 4.79 Å². The van der Waals surface area contributed by atoms with E-state index in [9.17, 15) is 4.79 Å². The van der Waals surface area contributed by atoms with Crippen molar-refractivity contribution in [3.63, 3.8) is 0 Å². The predicted octanol–water partition coefficient (Wildman–Crippen LogP) is 3.81.